The molecule has 2 rings (SSSR count). The zero-order valence-electron chi connectivity index (χ0n) is 9.84. The van der Waals surface area contributed by atoms with E-state index in [4.69, 9.17) is 0 Å². The summed E-state index contributed by atoms with van der Waals surface area (Å²) in [4.78, 5) is 2.70. The molecule has 2 unspecified atom stereocenters. The van der Waals surface area contributed by atoms with Crippen molar-refractivity contribution in [3.63, 3.8) is 0 Å². The molecule has 14 heavy (non-hydrogen) atoms. The molecule has 0 radical (unpaired) electrons. The monoisotopic (exact) mass is 196 g/mol. The van der Waals surface area contributed by atoms with E-state index >= 15 is 0 Å². The van der Waals surface area contributed by atoms with Crippen LogP contribution in [0.3, 0.4) is 0 Å². The summed E-state index contributed by atoms with van der Waals surface area (Å²) >= 11 is 0. The Morgan fingerprint density at radius 3 is 2.64 bits per heavy atom. The van der Waals surface area contributed by atoms with Crippen LogP contribution in [-0.2, 0) is 0 Å². The van der Waals surface area contributed by atoms with Crippen LogP contribution in [0.4, 0.5) is 0 Å². The summed E-state index contributed by atoms with van der Waals surface area (Å²) in [5, 5.41) is 3.39. The molecule has 2 atom stereocenters. The summed E-state index contributed by atoms with van der Waals surface area (Å²) in [5.74, 6) is 0.889. The van der Waals surface area contributed by atoms with Crippen molar-refractivity contribution in [2.24, 2.45) is 11.3 Å². The van der Waals surface area contributed by atoms with Crippen LogP contribution < -0.4 is 5.32 Å². The Hall–Kier alpha value is -0.0800. The molecule has 2 fully saturated rings. The van der Waals surface area contributed by atoms with Crippen LogP contribution in [0.15, 0.2) is 0 Å². The van der Waals surface area contributed by atoms with E-state index in [2.05, 4.69) is 31.0 Å². The van der Waals surface area contributed by atoms with Gasteiger partial charge in [-0.1, -0.05) is 13.8 Å². The minimum Gasteiger partial charge on any atom is -0.315 e. The highest BCUT2D eigenvalue weighted by molar-refractivity contribution is 4.93. The van der Waals surface area contributed by atoms with Gasteiger partial charge in [0.05, 0.1) is 0 Å². The molecule has 82 valence electrons. The summed E-state index contributed by atoms with van der Waals surface area (Å²) in [6.45, 7) is 12.3. The maximum absolute atomic E-state index is 3.39. The molecule has 0 amide bonds. The van der Waals surface area contributed by atoms with Crippen LogP contribution >= 0.6 is 0 Å². The van der Waals surface area contributed by atoms with Crippen molar-refractivity contribution < 1.29 is 0 Å². The third-order valence-electron chi connectivity index (χ3n) is 4.19. The zero-order valence-corrected chi connectivity index (χ0v) is 9.84. The first-order chi connectivity index (χ1) is 6.61. The molecule has 2 heterocycles. The standard InChI is InChI=1S/C12H24N2/c1-10-5-4-6-14(11(10)2)9-12(3)7-13-8-12/h10-11,13H,4-9H2,1-3H3. The molecular formula is C12H24N2. The first-order valence-electron chi connectivity index (χ1n) is 6.05. The quantitative estimate of drug-likeness (QED) is 0.723. The van der Waals surface area contributed by atoms with Crippen LogP contribution in [0.1, 0.15) is 33.6 Å². The Bertz CT molecular complexity index is 198. The van der Waals surface area contributed by atoms with Gasteiger partial charge in [0.15, 0.2) is 0 Å². The van der Waals surface area contributed by atoms with Gasteiger partial charge in [0, 0.05) is 31.1 Å². The van der Waals surface area contributed by atoms with Crippen molar-refractivity contribution >= 4 is 0 Å². The van der Waals surface area contributed by atoms with E-state index in [0.29, 0.717) is 5.41 Å². The second-order valence-electron chi connectivity index (χ2n) is 5.74. The number of rotatable bonds is 2. The highest BCUT2D eigenvalue weighted by atomic mass is 15.2. The van der Waals surface area contributed by atoms with Crippen molar-refractivity contribution in [2.75, 3.05) is 26.2 Å². The SMILES string of the molecule is CC1CCCN(CC2(C)CNC2)C1C. The van der Waals surface area contributed by atoms with Gasteiger partial charge in [0.1, 0.15) is 0 Å². The van der Waals surface area contributed by atoms with Crippen molar-refractivity contribution in [2.45, 2.75) is 39.7 Å². The summed E-state index contributed by atoms with van der Waals surface area (Å²) in [6, 6.07) is 0.793. The lowest BCUT2D eigenvalue weighted by Crippen LogP contribution is -2.59. The topological polar surface area (TPSA) is 15.3 Å². The summed E-state index contributed by atoms with van der Waals surface area (Å²) in [5.41, 5.74) is 0.561. The Balaban J connectivity index is 1.89. The van der Waals surface area contributed by atoms with Gasteiger partial charge >= 0.3 is 0 Å². The Morgan fingerprint density at radius 2 is 2.07 bits per heavy atom. The van der Waals surface area contributed by atoms with Crippen LogP contribution in [0.2, 0.25) is 0 Å². The Morgan fingerprint density at radius 1 is 1.36 bits per heavy atom. The largest absolute Gasteiger partial charge is 0.315 e. The fraction of sp³-hybridized carbons (Fsp3) is 1.00. The van der Waals surface area contributed by atoms with E-state index in [0.717, 1.165) is 12.0 Å². The first kappa shape index (κ1) is 10.4. The molecule has 0 aromatic rings. The lowest BCUT2D eigenvalue weighted by molar-refractivity contribution is 0.0420. The fourth-order valence-corrected chi connectivity index (χ4v) is 2.80. The average molecular weight is 196 g/mol. The second kappa shape index (κ2) is 3.82. The Labute approximate surface area is 88.1 Å². The summed E-state index contributed by atoms with van der Waals surface area (Å²) in [7, 11) is 0. The summed E-state index contributed by atoms with van der Waals surface area (Å²) in [6.07, 6.45) is 2.82. The lowest BCUT2D eigenvalue weighted by atomic mass is 9.81. The van der Waals surface area contributed by atoms with Gasteiger partial charge in [0.2, 0.25) is 0 Å². The summed E-state index contributed by atoms with van der Waals surface area (Å²) < 4.78 is 0. The van der Waals surface area contributed by atoms with E-state index in [1.54, 1.807) is 0 Å². The number of piperidine rings is 1. The van der Waals surface area contributed by atoms with Gasteiger partial charge in [-0.05, 0) is 32.2 Å². The second-order valence-corrected chi connectivity index (χ2v) is 5.74. The molecule has 0 bridgehead atoms. The molecule has 0 aromatic carbocycles. The van der Waals surface area contributed by atoms with Gasteiger partial charge in [-0.15, -0.1) is 0 Å². The van der Waals surface area contributed by atoms with Gasteiger partial charge in [-0.25, -0.2) is 0 Å². The highest BCUT2D eigenvalue weighted by Crippen LogP contribution is 2.29. The number of nitrogens with zero attached hydrogens (tertiary/aromatic N) is 1. The van der Waals surface area contributed by atoms with E-state index in [-0.39, 0.29) is 0 Å². The van der Waals surface area contributed by atoms with Crippen LogP contribution in [0.25, 0.3) is 0 Å². The van der Waals surface area contributed by atoms with Gasteiger partial charge in [0.25, 0.3) is 0 Å². The van der Waals surface area contributed by atoms with Crippen molar-refractivity contribution in [3.8, 4) is 0 Å². The van der Waals surface area contributed by atoms with E-state index in [1.807, 2.05) is 0 Å². The minimum absolute atomic E-state index is 0.561. The molecule has 2 aliphatic heterocycles. The molecule has 0 aliphatic carbocycles. The molecule has 2 nitrogen and oxygen atoms in total. The molecule has 2 saturated heterocycles. The molecule has 0 aromatic heterocycles. The minimum atomic E-state index is 0.561. The molecule has 2 aliphatic rings. The van der Waals surface area contributed by atoms with Gasteiger partial charge < -0.3 is 5.32 Å². The maximum atomic E-state index is 3.39. The molecular weight excluding hydrogens is 172 g/mol. The third kappa shape index (κ3) is 1.96. The lowest BCUT2D eigenvalue weighted by Gasteiger charge is -2.47. The smallest absolute Gasteiger partial charge is 0.00928 e. The van der Waals surface area contributed by atoms with Crippen LogP contribution in [0, 0.1) is 11.3 Å². The number of hydrogen-bond acceptors (Lipinski definition) is 2. The average Bonchev–Trinajstić information content (AvgIpc) is 2.10. The van der Waals surface area contributed by atoms with Crippen molar-refractivity contribution in [1.29, 1.82) is 0 Å². The predicted octanol–water partition coefficient (Wildman–Crippen LogP) is 1.72. The normalized spacial score (nSPS) is 37.9. The van der Waals surface area contributed by atoms with E-state index < -0.39 is 0 Å². The highest BCUT2D eigenvalue weighted by Gasteiger charge is 2.36. The molecule has 0 spiro atoms. The fourth-order valence-electron chi connectivity index (χ4n) is 2.80. The van der Waals surface area contributed by atoms with Gasteiger partial charge in [-0.2, -0.15) is 0 Å². The van der Waals surface area contributed by atoms with Crippen LogP contribution in [-0.4, -0.2) is 37.1 Å². The van der Waals surface area contributed by atoms with Crippen molar-refractivity contribution in [3.05, 3.63) is 0 Å². The van der Waals surface area contributed by atoms with Gasteiger partial charge in [-0.3, -0.25) is 4.90 Å². The zero-order chi connectivity index (χ0) is 10.2. The third-order valence-corrected chi connectivity index (χ3v) is 4.19. The molecule has 0 saturated carbocycles. The Kier molecular flexibility index (Phi) is 2.85. The number of hydrogen-bond donors (Lipinski definition) is 1. The molecule has 2 heteroatoms. The van der Waals surface area contributed by atoms with E-state index in [9.17, 15) is 0 Å². The van der Waals surface area contributed by atoms with Crippen LogP contribution in [0.5, 0.6) is 0 Å². The van der Waals surface area contributed by atoms with Crippen molar-refractivity contribution in [1.82, 2.24) is 10.2 Å². The number of nitrogens with one attached hydrogen (secondary N) is 1. The maximum Gasteiger partial charge on any atom is 0.00928 e. The molecule has 1 N–H and O–H groups in total. The first-order valence-corrected chi connectivity index (χ1v) is 6.05. The predicted molar refractivity (Wildman–Crippen MR) is 60.4 cm³/mol. The number of likely N-dealkylation sites (tertiary alicyclic amines) is 1. The van der Waals surface area contributed by atoms with E-state index in [1.165, 1.54) is 39.0 Å².